The molecule has 61 heavy (non-hydrogen) atoms. The Balaban J connectivity index is 0.721. The Morgan fingerprint density at radius 1 is 0.820 bits per heavy atom. The molecule has 0 radical (unpaired) electrons. The summed E-state index contributed by atoms with van der Waals surface area (Å²) in [5.41, 5.74) is 3.45. The van der Waals surface area contributed by atoms with E-state index in [0.29, 0.717) is 23.6 Å². The highest BCUT2D eigenvalue weighted by molar-refractivity contribution is 7.99. The van der Waals surface area contributed by atoms with Gasteiger partial charge in [-0.25, -0.2) is 0 Å². The highest BCUT2D eigenvalue weighted by Gasteiger charge is 2.44. The van der Waals surface area contributed by atoms with Crippen LogP contribution >= 0.6 is 11.8 Å². The standard InChI is InChI=1S/C47H57N7O6S/c55-42(18-10-35-9-7-22-48-33-35)49-23-4-3-8-34-20-25-53(26-21-34)45(58)36-11-13-37(14-12-36)52-29-27-51(28-30-52)24-5-1-2-6-31-61-38-15-16-39-40(32-38)47(60)54(46(39)59)41-17-19-43(56)50-44(41)57/h7,9-16,18,22,32-34,41H,1-6,8,17,19-21,23-31H2,(H,49,55)(H,50,56,57)/b18-10+. The average Bonchev–Trinajstić information content (AvgIpc) is 3.53. The second-order valence-electron chi connectivity index (χ2n) is 16.4. The lowest BCUT2D eigenvalue weighted by atomic mass is 9.91. The van der Waals surface area contributed by atoms with Crippen LogP contribution in [0.15, 0.2) is 78.0 Å². The molecule has 2 N–H and O–H groups in total. The zero-order chi connectivity index (χ0) is 42.6. The Labute approximate surface area is 362 Å². The summed E-state index contributed by atoms with van der Waals surface area (Å²) in [6.45, 7) is 7.30. The number of fused-ring (bicyclic) bond motifs is 1. The number of hydrogen-bond donors (Lipinski definition) is 2. The Morgan fingerprint density at radius 2 is 1.59 bits per heavy atom. The third-order valence-corrected chi connectivity index (χ3v) is 13.3. The second-order valence-corrected chi connectivity index (χ2v) is 17.6. The van der Waals surface area contributed by atoms with Crippen molar-refractivity contribution in [3.63, 3.8) is 0 Å². The van der Waals surface area contributed by atoms with Gasteiger partial charge in [-0.05, 0) is 117 Å². The number of hydrogen-bond acceptors (Lipinski definition) is 10. The fourth-order valence-electron chi connectivity index (χ4n) is 8.65. The highest BCUT2D eigenvalue weighted by Crippen LogP contribution is 2.32. The molecular formula is C47H57N7O6S. The number of piperazine rings is 1. The first kappa shape index (κ1) is 43.7. The summed E-state index contributed by atoms with van der Waals surface area (Å²) in [5.74, 6) is -0.367. The van der Waals surface area contributed by atoms with Crippen LogP contribution in [0.25, 0.3) is 6.08 Å². The number of rotatable bonds is 18. The molecule has 3 fully saturated rings. The van der Waals surface area contributed by atoms with Crippen molar-refractivity contribution in [3.8, 4) is 0 Å². The van der Waals surface area contributed by atoms with Crippen LogP contribution in [0.1, 0.15) is 107 Å². The molecule has 2 aromatic carbocycles. The molecule has 6 amide bonds. The Morgan fingerprint density at radius 3 is 2.34 bits per heavy atom. The van der Waals surface area contributed by atoms with Gasteiger partial charge in [-0.15, -0.1) is 11.8 Å². The van der Waals surface area contributed by atoms with E-state index in [4.69, 9.17) is 0 Å². The molecule has 1 unspecified atom stereocenters. The predicted octanol–water partition coefficient (Wildman–Crippen LogP) is 5.81. The maximum Gasteiger partial charge on any atom is 0.262 e. The summed E-state index contributed by atoms with van der Waals surface area (Å²) in [6.07, 6.45) is 16.7. The number of nitrogens with zero attached hydrogens (tertiary/aromatic N) is 5. The van der Waals surface area contributed by atoms with E-state index in [-0.39, 0.29) is 30.6 Å². The van der Waals surface area contributed by atoms with Crippen LogP contribution in [0.4, 0.5) is 5.69 Å². The third-order valence-electron chi connectivity index (χ3n) is 12.3. The largest absolute Gasteiger partial charge is 0.369 e. The lowest BCUT2D eigenvalue weighted by Crippen LogP contribution is -2.54. The van der Waals surface area contributed by atoms with Gasteiger partial charge < -0.3 is 15.1 Å². The van der Waals surface area contributed by atoms with Gasteiger partial charge in [0.25, 0.3) is 17.7 Å². The molecule has 4 aliphatic heterocycles. The first-order chi connectivity index (χ1) is 29.7. The van der Waals surface area contributed by atoms with Crippen molar-refractivity contribution < 1.29 is 28.8 Å². The van der Waals surface area contributed by atoms with Gasteiger partial charge in [0.05, 0.1) is 11.1 Å². The molecular weight excluding hydrogens is 791 g/mol. The Bertz CT molecular complexity index is 2060. The molecule has 0 spiro atoms. The lowest BCUT2D eigenvalue weighted by molar-refractivity contribution is -0.136. The van der Waals surface area contributed by atoms with E-state index < -0.39 is 23.8 Å². The number of amides is 6. The fraction of sp³-hybridized carbons (Fsp3) is 0.468. The van der Waals surface area contributed by atoms with E-state index in [9.17, 15) is 28.8 Å². The quantitative estimate of drug-likeness (QED) is 0.0695. The van der Waals surface area contributed by atoms with Gasteiger partial charge in [-0.1, -0.05) is 31.7 Å². The van der Waals surface area contributed by atoms with Gasteiger partial charge in [0, 0.05) is 86.9 Å². The van der Waals surface area contributed by atoms with Crippen LogP contribution in [0.2, 0.25) is 0 Å². The van der Waals surface area contributed by atoms with Gasteiger partial charge in [-0.2, -0.15) is 0 Å². The zero-order valence-electron chi connectivity index (χ0n) is 34.9. The summed E-state index contributed by atoms with van der Waals surface area (Å²) < 4.78 is 0. The van der Waals surface area contributed by atoms with Crippen LogP contribution in [0.5, 0.6) is 0 Å². The molecule has 7 rings (SSSR count). The van der Waals surface area contributed by atoms with Gasteiger partial charge >= 0.3 is 0 Å². The fourth-order valence-corrected chi connectivity index (χ4v) is 9.60. The Hall–Kier alpha value is -5.34. The molecule has 1 atom stereocenters. The summed E-state index contributed by atoms with van der Waals surface area (Å²) >= 11 is 1.67. The summed E-state index contributed by atoms with van der Waals surface area (Å²) in [4.78, 5) is 88.3. The number of thioether (sulfide) groups is 1. The number of carbonyl (C=O) groups is 6. The van der Waals surface area contributed by atoms with Crippen molar-refractivity contribution in [2.45, 2.75) is 81.6 Å². The summed E-state index contributed by atoms with van der Waals surface area (Å²) in [5, 5.41) is 5.20. The van der Waals surface area contributed by atoms with Crippen molar-refractivity contribution in [2.24, 2.45) is 5.92 Å². The number of benzene rings is 2. The van der Waals surface area contributed by atoms with Crippen LogP contribution < -0.4 is 15.5 Å². The maximum absolute atomic E-state index is 13.3. The number of anilines is 1. The van der Waals surface area contributed by atoms with Crippen LogP contribution in [0.3, 0.4) is 0 Å². The monoisotopic (exact) mass is 847 g/mol. The number of unbranched alkanes of at least 4 members (excludes halogenated alkanes) is 4. The van der Waals surface area contributed by atoms with Crippen molar-refractivity contribution in [3.05, 3.63) is 95.3 Å². The van der Waals surface area contributed by atoms with Gasteiger partial charge in [0.1, 0.15) is 6.04 Å². The van der Waals surface area contributed by atoms with Crippen molar-refractivity contribution in [1.82, 2.24) is 30.3 Å². The predicted molar refractivity (Wildman–Crippen MR) is 236 cm³/mol. The van der Waals surface area contributed by atoms with Gasteiger partial charge in [0.2, 0.25) is 17.7 Å². The number of pyridine rings is 1. The zero-order valence-corrected chi connectivity index (χ0v) is 35.7. The Kier molecular flexibility index (Phi) is 15.4. The second kappa shape index (κ2) is 21.4. The molecule has 0 saturated carbocycles. The maximum atomic E-state index is 13.3. The molecule has 4 aliphatic rings. The van der Waals surface area contributed by atoms with Crippen LogP contribution in [-0.2, 0) is 14.4 Å². The number of carbonyl (C=O) groups excluding carboxylic acids is 6. The first-order valence-corrected chi connectivity index (χ1v) is 22.9. The molecule has 0 aliphatic carbocycles. The van der Waals surface area contributed by atoms with Crippen LogP contribution in [-0.4, -0.2) is 119 Å². The van der Waals surface area contributed by atoms with E-state index in [2.05, 4.69) is 37.6 Å². The van der Waals surface area contributed by atoms with E-state index in [0.717, 1.165) is 130 Å². The van der Waals surface area contributed by atoms with Gasteiger partial charge in [-0.3, -0.25) is 48.9 Å². The minimum absolute atomic E-state index is 0.0860. The van der Waals surface area contributed by atoms with Crippen molar-refractivity contribution in [1.29, 1.82) is 0 Å². The molecule has 13 nitrogen and oxygen atoms in total. The molecule has 3 aromatic rings. The smallest absolute Gasteiger partial charge is 0.262 e. The number of piperidine rings is 2. The number of nitrogens with one attached hydrogen (secondary N) is 2. The van der Waals surface area contributed by atoms with E-state index in [1.807, 2.05) is 35.2 Å². The number of aromatic nitrogens is 1. The van der Waals surface area contributed by atoms with Crippen molar-refractivity contribution >= 4 is 59.0 Å². The summed E-state index contributed by atoms with van der Waals surface area (Å²) in [7, 11) is 0. The summed E-state index contributed by atoms with van der Waals surface area (Å²) in [6, 6.07) is 16.3. The number of imide groups is 2. The minimum Gasteiger partial charge on any atom is -0.369 e. The molecule has 0 bridgehead atoms. The third kappa shape index (κ3) is 11.7. The SMILES string of the molecule is O=C(/C=C/c1cccnc1)NCCCCC1CCN(C(=O)c2ccc(N3CCN(CCCCCCSc4ccc5c(c4)C(=O)N(C4CCC(=O)NC4=O)C5=O)CC3)cc2)CC1. The highest BCUT2D eigenvalue weighted by atomic mass is 32.2. The van der Waals surface area contributed by atoms with E-state index in [1.54, 1.807) is 48.4 Å². The van der Waals surface area contributed by atoms with Crippen molar-refractivity contribution in [2.75, 3.05) is 63.0 Å². The molecule has 3 saturated heterocycles. The van der Waals surface area contributed by atoms with Crippen LogP contribution in [0, 0.1) is 5.92 Å². The normalized spacial score (nSPS) is 18.8. The number of likely N-dealkylation sites (tertiary alicyclic amines) is 1. The average molecular weight is 848 g/mol. The minimum atomic E-state index is -0.952. The lowest BCUT2D eigenvalue weighted by Gasteiger charge is -2.36. The van der Waals surface area contributed by atoms with E-state index >= 15 is 0 Å². The first-order valence-electron chi connectivity index (χ1n) is 21.9. The van der Waals surface area contributed by atoms with Gasteiger partial charge in [0.15, 0.2) is 0 Å². The van der Waals surface area contributed by atoms with E-state index in [1.165, 1.54) is 5.69 Å². The molecule has 1 aromatic heterocycles. The topological polar surface area (TPSA) is 152 Å². The molecule has 14 heteroatoms. The molecule has 5 heterocycles. The molecule has 322 valence electrons.